The second kappa shape index (κ2) is 4.03. The molecule has 0 spiro atoms. The van der Waals surface area contributed by atoms with Gasteiger partial charge in [0.15, 0.2) is 0 Å². The molecular formula is C10H4Br2O4. The molecule has 0 aliphatic rings. The fourth-order valence-corrected chi connectivity index (χ4v) is 2.29. The van der Waals surface area contributed by atoms with Crippen LogP contribution in [-0.4, -0.2) is 11.1 Å². The third kappa shape index (κ3) is 1.78. The summed E-state index contributed by atoms with van der Waals surface area (Å²) in [4.78, 5) is 22.3. The zero-order valence-corrected chi connectivity index (χ0v) is 10.8. The second-order valence-corrected chi connectivity index (χ2v) is 4.73. The van der Waals surface area contributed by atoms with Crippen molar-refractivity contribution in [2.24, 2.45) is 0 Å². The predicted octanol–water partition coefficient (Wildman–Crippen LogP) is 3.02. The highest BCUT2D eigenvalue weighted by Gasteiger charge is 2.14. The van der Waals surface area contributed by atoms with Gasteiger partial charge in [-0.1, -0.05) is 15.9 Å². The maximum Gasteiger partial charge on any atom is 0.371 e. The Morgan fingerprint density at radius 2 is 1.88 bits per heavy atom. The van der Waals surface area contributed by atoms with E-state index in [-0.39, 0.29) is 5.76 Å². The molecule has 0 amide bonds. The molecule has 0 unspecified atom stereocenters. The summed E-state index contributed by atoms with van der Waals surface area (Å²) < 4.78 is 5.89. The van der Waals surface area contributed by atoms with Crippen LogP contribution in [-0.2, 0) is 0 Å². The summed E-state index contributed by atoms with van der Waals surface area (Å²) in [7, 11) is 0. The number of fused-ring (bicyclic) bond motifs is 1. The van der Waals surface area contributed by atoms with E-state index in [1.165, 1.54) is 6.07 Å². The van der Waals surface area contributed by atoms with Crippen LogP contribution < -0.4 is 5.63 Å². The van der Waals surface area contributed by atoms with Crippen LogP contribution in [0.3, 0.4) is 0 Å². The zero-order valence-electron chi connectivity index (χ0n) is 7.66. The van der Waals surface area contributed by atoms with Crippen LogP contribution in [0.1, 0.15) is 10.6 Å². The average molecular weight is 348 g/mol. The normalized spacial score (nSPS) is 10.6. The van der Waals surface area contributed by atoms with Crippen LogP contribution in [0.4, 0.5) is 0 Å². The molecule has 82 valence electrons. The van der Waals surface area contributed by atoms with Gasteiger partial charge in [-0.2, -0.15) is 0 Å². The van der Waals surface area contributed by atoms with Crippen LogP contribution in [0.5, 0.6) is 0 Å². The molecule has 1 N–H and O–H groups in total. The van der Waals surface area contributed by atoms with E-state index in [4.69, 9.17) is 5.11 Å². The first-order valence-corrected chi connectivity index (χ1v) is 5.74. The number of carboxylic acid groups (broad SMARTS) is 1. The first-order valence-electron chi connectivity index (χ1n) is 4.16. The Hall–Kier alpha value is -1.14. The summed E-state index contributed by atoms with van der Waals surface area (Å²) in [5, 5.41) is 9.59. The highest BCUT2D eigenvalue weighted by Crippen LogP contribution is 2.28. The third-order valence-corrected chi connectivity index (χ3v) is 3.39. The van der Waals surface area contributed by atoms with Gasteiger partial charge >= 0.3 is 11.6 Å². The predicted molar refractivity (Wildman–Crippen MR) is 64.8 cm³/mol. The molecule has 0 saturated carbocycles. The molecular weight excluding hydrogens is 344 g/mol. The van der Waals surface area contributed by atoms with Gasteiger partial charge in [0.2, 0.25) is 5.76 Å². The van der Waals surface area contributed by atoms with Crippen molar-refractivity contribution in [2.45, 2.75) is 0 Å². The molecule has 1 aromatic heterocycles. The molecule has 1 heterocycles. The van der Waals surface area contributed by atoms with E-state index in [1.807, 2.05) is 0 Å². The smallest absolute Gasteiger partial charge is 0.371 e. The van der Waals surface area contributed by atoms with Crippen LogP contribution >= 0.6 is 31.9 Å². The SMILES string of the molecule is O=C(O)c1cc2c(Br)ccc(Br)c2c(=O)o1. The van der Waals surface area contributed by atoms with Gasteiger partial charge in [0, 0.05) is 14.3 Å². The van der Waals surface area contributed by atoms with Crippen molar-refractivity contribution in [2.75, 3.05) is 0 Å². The van der Waals surface area contributed by atoms with E-state index in [9.17, 15) is 9.59 Å². The summed E-state index contributed by atoms with van der Waals surface area (Å²) in [5.74, 6) is -1.65. The zero-order chi connectivity index (χ0) is 11.9. The lowest BCUT2D eigenvalue weighted by Gasteiger charge is -2.02. The molecule has 0 atom stereocenters. The number of rotatable bonds is 1. The number of benzene rings is 1. The Morgan fingerprint density at radius 3 is 2.50 bits per heavy atom. The van der Waals surface area contributed by atoms with E-state index >= 15 is 0 Å². The molecule has 6 heteroatoms. The maximum atomic E-state index is 11.6. The first kappa shape index (κ1) is 11.3. The lowest BCUT2D eigenvalue weighted by molar-refractivity contribution is 0.0658. The van der Waals surface area contributed by atoms with Gasteiger partial charge < -0.3 is 9.52 Å². The van der Waals surface area contributed by atoms with Crippen LogP contribution in [0.2, 0.25) is 0 Å². The molecule has 0 aliphatic heterocycles. The van der Waals surface area contributed by atoms with Gasteiger partial charge in [-0.15, -0.1) is 0 Å². The van der Waals surface area contributed by atoms with Crippen molar-refractivity contribution in [1.82, 2.24) is 0 Å². The Labute approximate surface area is 106 Å². The van der Waals surface area contributed by atoms with Crippen molar-refractivity contribution in [3.8, 4) is 0 Å². The fraction of sp³-hybridized carbons (Fsp3) is 0. The van der Waals surface area contributed by atoms with E-state index in [1.54, 1.807) is 12.1 Å². The number of hydrogen-bond donors (Lipinski definition) is 1. The molecule has 0 fully saturated rings. The van der Waals surface area contributed by atoms with Crippen molar-refractivity contribution < 1.29 is 14.3 Å². The quantitative estimate of drug-likeness (QED) is 0.861. The number of carbonyl (C=O) groups is 1. The monoisotopic (exact) mass is 346 g/mol. The van der Waals surface area contributed by atoms with Crippen LogP contribution in [0.15, 0.2) is 36.4 Å². The Bertz CT molecular complexity index is 645. The Kier molecular flexibility index (Phi) is 2.86. The number of carboxylic acids is 1. The summed E-state index contributed by atoms with van der Waals surface area (Å²) in [6.45, 7) is 0. The largest absolute Gasteiger partial charge is 0.475 e. The average Bonchev–Trinajstić information content (AvgIpc) is 2.22. The molecule has 0 bridgehead atoms. The van der Waals surface area contributed by atoms with Gasteiger partial charge in [0.25, 0.3) is 0 Å². The summed E-state index contributed by atoms with van der Waals surface area (Å²) in [5.41, 5.74) is -0.678. The third-order valence-electron chi connectivity index (χ3n) is 2.03. The summed E-state index contributed by atoms with van der Waals surface area (Å²) in [6, 6.07) is 4.72. The standard InChI is InChI=1S/C10H4Br2O4/c11-5-1-2-6(12)8-4(5)3-7(9(13)14)16-10(8)15/h1-3H,(H,13,14). The maximum absolute atomic E-state index is 11.6. The van der Waals surface area contributed by atoms with Crippen molar-refractivity contribution >= 4 is 48.6 Å². The minimum atomic E-state index is -1.27. The molecule has 1 aromatic carbocycles. The molecule has 16 heavy (non-hydrogen) atoms. The highest BCUT2D eigenvalue weighted by atomic mass is 79.9. The van der Waals surface area contributed by atoms with Gasteiger partial charge in [-0.25, -0.2) is 9.59 Å². The summed E-state index contributed by atoms with van der Waals surface area (Å²) >= 11 is 6.47. The molecule has 4 nitrogen and oxygen atoms in total. The van der Waals surface area contributed by atoms with E-state index in [2.05, 4.69) is 36.3 Å². The lowest BCUT2D eigenvalue weighted by Crippen LogP contribution is -2.07. The van der Waals surface area contributed by atoms with Gasteiger partial charge in [-0.05, 0) is 34.1 Å². The van der Waals surface area contributed by atoms with Crippen LogP contribution in [0, 0.1) is 0 Å². The van der Waals surface area contributed by atoms with Crippen molar-refractivity contribution in [1.29, 1.82) is 0 Å². The van der Waals surface area contributed by atoms with Crippen molar-refractivity contribution in [3.05, 3.63) is 43.3 Å². The van der Waals surface area contributed by atoms with Gasteiger partial charge in [0.1, 0.15) is 0 Å². The lowest BCUT2D eigenvalue weighted by atomic mass is 10.2. The number of halogens is 2. The minimum absolute atomic E-state index is 0.319. The highest BCUT2D eigenvalue weighted by molar-refractivity contribution is 9.11. The molecule has 0 aliphatic carbocycles. The molecule has 2 rings (SSSR count). The van der Waals surface area contributed by atoms with Gasteiger partial charge in [0.05, 0.1) is 5.39 Å². The number of hydrogen-bond acceptors (Lipinski definition) is 3. The fourth-order valence-electron chi connectivity index (χ4n) is 1.33. The number of aromatic carboxylic acids is 1. The second-order valence-electron chi connectivity index (χ2n) is 3.02. The van der Waals surface area contributed by atoms with E-state index < -0.39 is 11.6 Å². The topological polar surface area (TPSA) is 67.5 Å². The Balaban J connectivity index is 2.98. The molecule has 2 aromatic rings. The van der Waals surface area contributed by atoms with Crippen LogP contribution in [0.25, 0.3) is 10.8 Å². The van der Waals surface area contributed by atoms with Crippen molar-refractivity contribution in [3.63, 3.8) is 0 Å². The van der Waals surface area contributed by atoms with E-state index in [0.717, 1.165) is 0 Å². The molecule has 0 saturated heterocycles. The Morgan fingerprint density at radius 1 is 1.25 bits per heavy atom. The minimum Gasteiger partial charge on any atom is -0.475 e. The van der Waals surface area contributed by atoms with Gasteiger partial charge in [-0.3, -0.25) is 0 Å². The summed E-state index contributed by atoms with van der Waals surface area (Å²) in [6.07, 6.45) is 0. The first-order chi connectivity index (χ1) is 7.50. The van der Waals surface area contributed by atoms with E-state index in [0.29, 0.717) is 19.7 Å². The molecule has 0 radical (unpaired) electrons.